The Bertz CT molecular complexity index is 517. The van der Waals surface area contributed by atoms with Gasteiger partial charge in [-0.25, -0.2) is 0 Å². The molecule has 0 saturated heterocycles. The summed E-state index contributed by atoms with van der Waals surface area (Å²) in [5.74, 6) is -0.334. The molecule has 0 atom stereocenters. The molecule has 1 aromatic carbocycles. The van der Waals surface area contributed by atoms with Crippen molar-refractivity contribution < 1.29 is 14.5 Å². The summed E-state index contributed by atoms with van der Waals surface area (Å²) in [7, 11) is 0. The fourth-order valence-corrected chi connectivity index (χ4v) is 1.35. The molecule has 1 rings (SSSR count). The van der Waals surface area contributed by atoms with Gasteiger partial charge in [-0.1, -0.05) is 0 Å². The number of nitro groups is 1. The number of hydrogen-bond acceptors (Lipinski definition) is 5. The second-order valence-electron chi connectivity index (χ2n) is 3.23. The summed E-state index contributed by atoms with van der Waals surface area (Å²) in [4.78, 5) is 21.4. The summed E-state index contributed by atoms with van der Waals surface area (Å²) in [6, 6.07) is 4.18. The first kappa shape index (κ1) is 12.6. The van der Waals surface area contributed by atoms with E-state index in [4.69, 9.17) is 10.00 Å². The van der Waals surface area contributed by atoms with Crippen molar-refractivity contribution in [2.24, 2.45) is 0 Å². The first-order valence-corrected chi connectivity index (χ1v) is 4.87. The van der Waals surface area contributed by atoms with Crippen molar-refractivity contribution >= 4 is 11.5 Å². The van der Waals surface area contributed by atoms with E-state index in [9.17, 15) is 14.9 Å². The van der Waals surface area contributed by atoms with Gasteiger partial charge < -0.3 is 4.74 Å². The van der Waals surface area contributed by atoms with E-state index in [2.05, 4.69) is 0 Å². The lowest BCUT2D eigenvalue weighted by molar-refractivity contribution is -0.386. The van der Waals surface area contributed by atoms with Gasteiger partial charge in [0.15, 0.2) is 11.5 Å². The van der Waals surface area contributed by atoms with E-state index in [0.29, 0.717) is 0 Å². The van der Waals surface area contributed by atoms with Crippen molar-refractivity contribution in [3.63, 3.8) is 0 Å². The average molecular weight is 234 g/mol. The molecular weight excluding hydrogens is 224 g/mol. The number of ketones is 1. The number of hydrogen-bond donors (Lipinski definition) is 0. The molecule has 0 heterocycles. The Morgan fingerprint density at radius 1 is 1.59 bits per heavy atom. The van der Waals surface area contributed by atoms with Crippen LogP contribution >= 0.6 is 0 Å². The summed E-state index contributed by atoms with van der Waals surface area (Å²) >= 11 is 0. The first-order chi connectivity index (χ1) is 8.01. The minimum absolute atomic E-state index is 0.0539. The molecule has 0 radical (unpaired) electrons. The second-order valence-corrected chi connectivity index (χ2v) is 3.23. The van der Waals surface area contributed by atoms with Crippen molar-refractivity contribution in [2.45, 2.75) is 13.8 Å². The zero-order valence-electron chi connectivity index (χ0n) is 9.39. The number of nitro benzene ring substituents is 1. The van der Waals surface area contributed by atoms with Crippen LogP contribution in [-0.2, 0) is 0 Å². The Kier molecular flexibility index (Phi) is 3.78. The lowest BCUT2D eigenvalue weighted by atomic mass is 10.1. The largest absolute Gasteiger partial charge is 0.487 e. The van der Waals surface area contributed by atoms with Crippen LogP contribution in [0.15, 0.2) is 12.1 Å². The molecule has 6 nitrogen and oxygen atoms in total. The van der Waals surface area contributed by atoms with E-state index in [1.165, 1.54) is 19.1 Å². The van der Waals surface area contributed by atoms with Crippen LogP contribution in [0.1, 0.15) is 29.8 Å². The van der Waals surface area contributed by atoms with Crippen LogP contribution in [0.25, 0.3) is 0 Å². The molecule has 0 aliphatic rings. The minimum atomic E-state index is -0.687. The number of rotatable bonds is 4. The summed E-state index contributed by atoms with van der Waals surface area (Å²) in [6.45, 7) is 3.20. The monoisotopic (exact) mass is 234 g/mol. The van der Waals surface area contributed by atoms with Crippen LogP contribution in [-0.4, -0.2) is 17.3 Å². The molecular formula is C11H10N2O4. The van der Waals surface area contributed by atoms with Crippen LogP contribution in [0.4, 0.5) is 5.69 Å². The van der Waals surface area contributed by atoms with Crippen LogP contribution in [0.5, 0.6) is 5.75 Å². The van der Waals surface area contributed by atoms with Gasteiger partial charge in [-0.15, -0.1) is 0 Å². The fourth-order valence-electron chi connectivity index (χ4n) is 1.35. The molecule has 0 N–H and O–H groups in total. The van der Waals surface area contributed by atoms with E-state index < -0.39 is 10.6 Å². The number of nitriles is 1. The van der Waals surface area contributed by atoms with Gasteiger partial charge in [0, 0.05) is 5.56 Å². The highest BCUT2D eigenvalue weighted by molar-refractivity contribution is 5.95. The van der Waals surface area contributed by atoms with Crippen molar-refractivity contribution in [1.29, 1.82) is 5.26 Å². The predicted octanol–water partition coefficient (Wildman–Crippen LogP) is 2.07. The molecule has 0 aromatic heterocycles. The highest BCUT2D eigenvalue weighted by Gasteiger charge is 2.23. The molecule has 1 aromatic rings. The quantitative estimate of drug-likeness (QED) is 0.451. The summed E-state index contributed by atoms with van der Waals surface area (Å²) in [5, 5.41) is 19.7. The van der Waals surface area contributed by atoms with E-state index in [-0.39, 0.29) is 29.3 Å². The average Bonchev–Trinajstić information content (AvgIpc) is 2.27. The topological polar surface area (TPSA) is 93.2 Å². The smallest absolute Gasteiger partial charge is 0.328 e. The van der Waals surface area contributed by atoms with E-state index in [1.54, 1.807) is 13.0 Å². The maximum absolute atomic E-state index is 11.2. The third-order valence-corrected chi connectivity index (χ3v) is 2.08. The second kappa shape index (κ2) is 5.07. The highest BCUT2D eigenvalue weighted by Crippen LogP contribution is 2.32. The Balaban J connectivity index is 3.52. The molecule has 0 unspecified atom stereocenters. The van der Waals surface area contributed by atoms with Crippen molar-refractivity contribution in [3.05, 3.63) is 33.4 Å². The standard InChI is InChI=1S/C11H10N2O4/c1-3-17-10-5-8(7(2)14)4-9(6-12)11(10)13(15)16/h4-5H,3H2,1-2H3. The van der Waals surface area contributed by atoms with E-state index in [1.807, 2.05) is 0 Å². The molecule has 0 saturated carbocycles. The van der Waals surface area contributed by atoms with Gasteiger partial charge in [0.2, 0.25) is 0 Å². The predicted molar refractivity (Wildman–Crippen MR) is 59.0 cm³/mol. The molecule has 0 aliphatic carbocycles. The summed E-state index contributed by atoms with van der Waals surface area (Å²) in [5.41, 5.74) is -0.360. The third kappa shape index (κ3) is 2.58. The van der Waals surface area contributed by atoms with Gasteiger partial charge in [-0.3, -0.25) is 14.9 Å². The normalized spacial score (nSPS) is 9.47. The van der Waals surface area contributed by atoms with Crippen LogP contribution in [0, 0.1) is 21.4 Å². The molecule has 0 spiro atoms. The van der Waals surface area contributed by atoms with Gasteiger partial charge in [0.1, 0.15) is 11.6 Å². The maximum Gasteiger partial charge on any atom is 0.328 e. The van der Waals surface area contributed by atoms with Crippen LogP contribution in [0.2, 0.25) is 0 Å². The molecule has 17 heavy (non-hydrogen) atoms. The molecule has 0 bridgehead atoms. The Hall–Kier alpha value is -2.42. The minimum Gasteiger partial charge on any atom is -0.487 e. The van der Waals surface area contributed by atoms with Crippen LogP contribution < -0.4 is 4.74 Å². The number of ether oxygens (including phenoxy) is 1. The van der Waals surface area contributed by atoms with Gasteiger partial charge in [-0.05, 0) is 26.0 Å². The number of Topliss-reactive ketones (excluding diaryl/α,β-unsaturated/α-hetero) is 1. The molecule has 6 heteroatoms. The Labute approximate surface area is 97.6 Å². The van der Waals surface area contributed by atoms with Crippen LogP contribution in [0.3, 0.4) is 0 Å². The number of carbonyl (C=O) groups is 1. The van der Waals surface area contributed by atoms with Gasteiger partial charge in [0.05, 0.1) is 11.5 Å². The Morgan fingerprint density at radius 3 is 2.65 bits per heavy atom. The van der Waals surface area contributed by atoms with Gasteiger partial charge in [-0.2, -0.15) is 5.26 Å². The Morgan fingerprint density at radius 2 is 2.24 bits per heavy atom. The SMILES string of the molecule is CCOc1cc(C(C)=O)cc(C#N)c1[N+](=O)[O-]. The summed E-state index contributed by atoms with van der Waals surface area (Å²) in [6.07, 6.45) is 0. The lowest BCUT2D eigenvalue weighted by Crippen LogP contribution is -2.03. The maximum atomic E-state index is 11.2. The third-order valence-electron chi connectivity index (χ3n) is 2.08. The molecule has 0 fully saturated rings. The fraction of sp³-hybridized carbons (Fsp3) is 0.273. The van der Waals surface area contributed by atoms with Crippen molar-refractivity contribution in [3.8, 4) is 11.8 Å². The van der Waals surface area contributed by atoms with Crippen molar-refractivity contribution in [2.75, 3.05) is 6.61 Å². The number of nitrogens with zero attached hydrogens (tertiary/aromatic N) is 2. The highest BCUT2D eigenvalue weighted by atomic mass is 16.6. The molecule has 0 aliphatic heterocycles. The van der Waals surface area contributed by atoms with Crippen molar-refractivity contribution in [1.82, 2.24) is 0 Å². The summed E-state index contributed by atoms with van der Waals surface area (Å²) < 4.78 is 5.09. The number of benzene rings is 1. The van der Waals surface area contributed by atoms with E-state index >= 15 is 0 Å². The lowest BCUT2D eigenvalue weighted by Gasteiger charge is -2.06. The molecule has 88 valence electrons. The van der Waals surface area contributed by atoms with Gasteiger partial charge >= 0.3 is 5.69 Å². The number of carbonyl (C=O) groups excluding carboxylic acids is 1. The zero-order valence-corrected chi connectivity index (χ0v) is 9.39. The first-order valence-electron chi connectivity index (χ1n) is 4.87. The zero-order chi connectivity index (χ0) is 13.0. The van der Waals surface area contributed by atoms with E-state index in [0.717, 1.165) is 0 Å². The molecule has 0 amide bonds. The van der Waals surface area contributed by atoms with Gasteiger partial charge in [0.25, 0.3) is 0 Å².